The molecular formula is C13H26O3S2. The number of hydrogen-bond acceptors (Lipinski definition) is 5. The van der Waals surface area contributed by atoms with Gasteiger partial charge >= 0.3 is 6.16 Å². The first-order chi connectivity index (χ1) is 8.60. The van der Waals surface area contributed by atoms with Gasteiger partial charge in [-0.3, -0.25) is 0 Å². The van der Waals surface area contributed by atoms with Crippen molar-refractivity contribution >= 4 is 29.7 Å². The van der Waals surface area contributed by atoms with Gasteiger partial charge in [-0.1, -0.05) is 13.8 Å². The molecule has 0 aromatic heterocycles. The summed E-state index contributed by atoms with van der Waals surface area (Å²) in [5.41, 5.74) is 0. The van der Waals surface area contributed by atoms with Gasteiger partial charge in [0.05, 0.1) is 13.2 Å². The molecule has 0 amide bonds. The molecule has 5 heteroatoms. The summed E-state index contributed by atoms with van der Waals surface area (Å²) in [7, 11) is 0. The maximum absolute atomic E-state index is 11.2. The molecule has 2 atom stereocenters. The van der Waals surface area contributed by atoms with Gasteiger partial charge in [-0.15, -0.1) is 0 Å². The van der Waals surface area contributed by atoms with Crippen molar-refractivity contribution in [3.63, 3.8) is 0 Å². The summed E-state index contributed by atoms with van der Waals surface area (Å²) in [6.07, 6.45) is 7.61. The van der Waals surface area contributed by atoms with Crippen molar-refractivity contribution in [2.45, 2.75) is 50.0 Å². The molecule has 0 heterocycles. The standard InChI is InChI=1S/C13H26O3S2/c1-11(17-3)7-5-9-15-13(14)16-10-6-8-12(2)18-4/h11-12H,5-10H2,1-4H3. The Labute approximate surface area is 120 Å². The Morgan fingerprint density at radius 1 is 0.944 bits per heavy atom. The molecule has 0 spiro atoms. The highest BCUT2D eigenvalue weighted by molar-refractivity contribution is 7.99. The molecule has 0 saturated carbocycles. The molecule has 0 radical (unpaired) electrons. The van der Waals surface area contributed by atoms with Crippen molar-refractivity contribution in [2.24, 2.45) is 0 Å². The van der Waals surface area contributed by atoms with Crippen LogP contribution in [0.4, 0.5) is 4.79 Å². The molecule has 0 fully saturated rings. The van der Waals surface area contributed by atoms with E-state index in [0.717, 1.165) is 25.7 Å². The number of carbonyl (C=O) groups excluding carboxylic acids is 1. The third kappa shape index (κ3) is 11.1. The maximum atomic E-state index is 11.2. The molecule has 3 nitrogen and oxygen atoms in total. The van der Waals surface area contributed by atoms with Crippen LogP contribution in [-0.4, -0.2) is 42.4 Å². The summed E-state index contributed by atoms with van der Waals surface area (Å²) in [5.74, 6) is 0. The van der Waals surface area contributed by atoms with Crippen LogP contribution in [-0.2, 0) is 9.47 Å². The van der Waals surface area contributed by atoms with E-state index in [1.165, 1.54) is 0 Å². The highest BCUT2D eigenvalue weighted by Crippen LogP contribution is 2.12. The highest BCUT2D eigenvalue weighted by atomic mass is 32.2. The number of ether oxygens (including phenoxy) is 2. The highest BCUT2D eigenvalue weighted by Gasteiger charge is 2.05. The van der Waals surface area contributed by atoms with E-state index in [0.29, 0.717) is 23.7 Å². The minimum atomic E-state index is -0.524. The molecule has 2 unspecified atom stereocenters. The summed E-state index contributed by atoms with van der Waals surface area (Å²) < 4.78 is 9.99. The quantitative estimate of drug-likeness (QED) is 0.445. The van der Waals surface area contributed by atoms with E-state index < -0.39 is 6.16 Å². The lowest BCUT2D eigenvalue weighted by molar-refractivity contribution is 0.0532. The van der Waals surface area contributed by atoms with Crippen molar-refractivity contribution in [1.82, 2.24) is 0 Å². The van der Waals surface area contributed by atoms with Crippen LogP contribution in [0, 0.1) is 0 Å². The Morgan fingerprint density at radius 2 is 1.33 bits per heavy atom. The Bertz CT molecular complexity index is 192. The fourth-order valence-electron chi connectivity index (χ4n) is 1.33. The average molecular weight is 294 g/mol. The summed E-state index contributed by atoms with van der Waals surface area (Å²) >= 11 is 3.66. The largest absolute Gasteiger partial charge is 0.508 e. The monoisotopic (exact) mass is 294 g/mol. The molecule has 18 heavy (non-hydrogen) atoms. The van der Waals surface area contributed by atoms with E-state index in [1.54, 1.807) is 0 Å². The molecule has 108 valence electrons. The van der Waals surface area contributed by atoms with Crippen LogP contribution in [0.1, 0.15) is 39.5 Å². The fraction of sp³-hybridized carbons (Fsp3) is 0.923. The van der Waals surface area contributed by atoms with Crippen LogP contribution in [0.3, 0.4) is 0 Å². The molecule has 0 saturated heterocycles. The van der Waals surface area contributed by atoms with Crippen LogP contribution in [0.2, 0.25) is 0 Å². The molecule has 0 aromatic carbocycles. The topological polar surface area (TPSA) is 35.5 Å². The molecule has 0 bridgehead atoms. The molecule has 0 aliphatic heterocycles. The van der Waals surface area contributed by atoms with Gasteiger partial charge < -0.3 is 9.47 Å². The predicted molar refractivity (Wildman–Crippen MR) is 81.7 cm³/mol. The normalized spacial score (nSPS) is 14.0. The Balaban J connectivity index is 3.33. The van der Waals surface area contributed by atoms with Gasteiger partial charge in [0.1, 0.15) is 0 Å². The minimum Gasteiger partial charge on any atom is -0.434 e. The first-order valence-electron chi connectivity index (χ1n) is 6.45. The average Bonchev–Trinajstić information content (AvgIpc) is 2.38. The third-order valence-corrected chi connectivity index (χ3v) is 4.84. The van der Waals surface area contributed by atoms with Crippen molar-refractivity contribution in [1.29, 1.82) is 0 Å². The van der Waals surface area contributed by atoms with Gasteiger partial charge in [0.15, 0.2) is 0 Å². The lowest BCUT2D eigenvalue weighted by Gasteiger charge is -2.10. The van der Waals surface area contributed by atoms with E-state index >= 15 is 0 Å². The van der Waals surface area contributed by atoms with Gasteiger partial charge in [-0.2, -0.15) is 23.5 Å². The second-order valence-electron chi connectivity index (χ2n) is 4.32. The number of thioether (sulfide) groups is 2. The Morgan fingerprint density at radius 3 is 1.67 bits per heavy atom. The molecule has 0 rings (SSSR count). The van der Waals surface area contributed by atoms with Crippen LogP contribution in [0.25, 0.3) is 0 Å². The number of rotatable bonds is 10. The summed E-state index contributed by atoms with van der Waals surface area (Å²) in [5, 5.41) is 1.25. The number of carbonyl (C=O) groups is 1. The fourth-order valence-corrected chi connectivity index (χ4v) is 2.13. The van der Waals surface area contributed by atoms with Crippen molar-refractivity contribution in [3.05, 3.63) is 0 Å². The molecule has 0 N–H and O–H groups in total. The van der Waals surface area contributed by atoms with Crippen molar-refractivity contribution < 1.29 is 14.3 Å². The minimum absolute atomic E-state index is 0.463. The second-order valence-corrected chi connectivity index (χ2v) is 6.88. The zero-order valence-electron chi connectivity index (χ0n) is 11.9. The first-order valence-corrected chi connectivity index (χ1v) is 9.02. The smallest absolute Gasteiger partial charge is 0.434 e. The van der Waals surface area contributed by atoms with E-state index in [-0.39, 0.29) is 0 Å². The lowest BCUT2D eigenvalue weighted by Crippen LogP contribution is -2.11. The van der Waals surface area contributed by atoms with Gasteiger partial charge in [0, 0.05) is 10.5 Å². The van der Waals surface area contributed by atoms with E-state index in [4.69, 9.17) is 9.47 Å². The zero-order chi connectivity index (χ0) is 13.8. The maximum Gasteiger partial charge on any atom is 0.508 e. The molecule has 0 aromatic rings. The van der Waals surface area contributed by atoms with Crippen LogP contribution in [0.5, 0.6) is 0 Å². The van der Waals surface area contributed by atoms with Crippen molar-refractivity contribution in [3.8, 4) is 0 Å². The van der Waals surface area contributed by atoms with Gasteiger partial charge in [0.25, 0.3) is 0 Å². The molecule has 0 aliphatic rings. The summed E-state index contributed by atoms with van der Waals surface area (Å²) in [6.45, 7) is 5.28. The van der Waals surface area contributed by atoms with E-state index in [9.17, 15) is 4.79 Å². The molecule has 0 aliphatic carbocycles. The zero-order valence-corrected chi connectivity index (χ0v) is 13.6. The second kappa shape index (κ2) is 12.0. The van der Waals surface area contributed by atoms with Crippen LogP contribution >= 0.6 is 23.5 Å². The van der Waals surface area contributed by atoms with Gasteiger partial charge in [-0.05, 0) is 38.2 Å². The van der Waals surface area contributed by atoms with Crippen molar-refractivity contribution in [2.75, 3.05) is 25.7 Å². The van der Waals surface area contributed by atoms with E-state index in [1.807, 2.05) is 23.5 Å². The lowest BCUT2D eigenvalue weighted by atomic mass is 10.2. The molecular weight excluding hydrogens is 268 g/mol. The summed E-state index contributed by atoms with van der Waals surface area (Å²) in [4.78, 5) is 11.2. The SMILES string of the molecule is CSC(C)CCCOC(=O)OCCCC(C)SC. The summed E-state index contributed by atoms with van der Waals surface area (Å²) in [6, 6.07) is 0. The predicted octanol–water partition coefficient (Wildman–Crippen LogP) is 4.20. The van der Waals surface area contributed by atoms with E-state index in [2.05, 4.69) is 26.4 Å². The van der Waals surface area contributed by atoms with Crippen LogP contribution < -0.4 is 0 Å². The van der Waals surface area contributed by atoms with Crippen LogP contribution in [0.15, 0.2) is 0 Å². The van der Waals surface area contributed by atoms with Gasteiger partial charge in [0.2, 0.25) is 0 Å². The van der Waals surface area contributed by atoms with Gasteiger partial charge in [-0.25, -0.2) is 4.79 Å². The Kier molecular flexibility index (Phi) is 12.0. The third-order valence-electron chi connectivity index (χ3n) is 2.75. The Hall–Kier alpha value is -0.0300. The number of hydrogen-bond donors (Lipinski definition) is 0. The first kappa shape index (κ1) is 18.0.